The Balaban J connectivity index is 2.62. The number of hydrogen-bond acceptors (Lipinski definition) is 2. The van der Waals surface area contributed by atoms with Crippen molar-refractivity contribution in [3.8, 4) is 0 Å². The van der Waals surface area contributed by atoms with Crippen LogP contribution in [0.5, 0.6) is 0 Å². The molecule has 3 nitrogen and oxygen atoms in total. The molecule has 0 aromatic heterocycles. The molecule has 4 heteroatoms. The van der Waals surface area contributed by atoms with E-state index in [0.29, 0.717) is 19.1 Å². The van der Waals surface area contributed by atoms with Crippen LogP contribution in [0, 0.1) is 5.92 Å². The monoisotopic (exact) mass is 263 g/mol. The Morgan fingerprint density at radius 1 is 1.57 bits per heavy atom. The summed E-state index contributed by atoms with van der Waals surface area (Å²) in [7, 11) is 0. The molecule has 0 saturated carbocycles. The number of rotatable bonds is 1. The Kier molecular flexibility index (Phi) is 3.95. The molecule has 0 N–H and O–H groups in total. The Hall–Kier alpha value is -0.0900. The Morgan fingerprint density at radius 3 is 2.79 bits per heavy atom. The predicted molar refractivity (Wildman–Crippen MR) is 59.6 cm³/mol. The number of alkyl halides is 1. The van der Waals surface area contributed by atoms with Crippen LogP contribution in [0.25, 0.3) is 0 Å². The van der Waals surface area contributed by atoms with Crippen LogP contribution in [0.1, 0.15) is 20.8 Å². The van der Waals surface area contributed by atoms with Gasteiger partial charge in [-0.1, -0.05) is 22.9 Å². The van der Waals surface area contributed by atoms with Crippen molar-refractivity contribution in [3.63, 3.8) is 0 Å². The van der Waals surface area contributed by atoms with E-state index in [2.05, 4.69) is 22.9 Å². The summed E-state index contributed by atoms with van der Waals surface area (Å²) in [5.74, 6) is 0.575. The fourth-order valence-corrected chi connectivity index (χ4v) is 1.79. The normalized spacial score (nSPS) is 24.6. The molecular formula is C10H18BrNO2. The van der Waals surface area contributed by atoms with Gasteiger partial charge in [-0.3, -0.25) is 4.79 Å². The molecule has 82 valence electrons. The van der Waals surface area contributed by atoms with Gasteiger partial charge in [-0.25, -0.2) is 0 Å². The summed E-state index contributed by atoms with van der Waals surface area (Å²) in [5, 5.41) is 0. The Morgan fingerprint density at radius 2 is 2.21 bits per heavy atom. The van der Waals surface area contributed by atoms with Gasteiger partial charge < -0.3 is 9.64 Å². The standard InChI is InChI=1S/C10H18BrNO2/c1-8-6-12(4-5-14-7-8)9(13)10(2,3)11/h8H,4-7H2,1-3H3. The summed E-state index contributed by atoms with van der Waals surface area (Å²) in [6.07, 6.45) is 0. The molecule has 1 saturated heterocycles. The molecule has 14 heavy (non-hydrogen) atoms. The first kappa shape index (κ1) is 12.0. The van der Waals surface area contributed by atoms with Gasteiger partial charge in [0.1, 0.15) is 0 Å². The Bertz CT molecular complexity index is 213. The minimum Gasteiger partial charge on any atom is -0.379 e. The topological polar surface area (TPSA) is 29.5 Å². The number of carbonyl (C=O) groups is 1. The molecule has 0 spiro atoms. The van der Waals surface area contributed by atoms with Gasteiger partial charge in [0.15, 0.2) is 0 Å². The molecule has 1 aliphatic heterocycles. The van der Waals surface area contributed by atoms with E-state index in [1.54, 1.807) is 0 Å². The third-order valence-electron chi connectivity index (χ3n) is 2.24. The van der Waals surface area contributed by atoms with Crippen molar-refractivity contribution in [2.45, 2.75) is 25.1 Å². The number of amides is 1. The molecule has 0 aromatic rings. The maximum atomic E-state index is 11.9. The Labute approximate surface area is 93.9 Å². The summed E-state index contributed by atoms with van der Waals surface area (Å²) in [6.45, 7) is 8.78. The van der Waals surface area contributed by atoms with Gasteiger partial charge in [-0.05, 0) is 19.8 Å². The van der Waals surface area contributed by atoms with E-state index in [0.717, 1.165) is 13.2 Å². The van der Waals surface area contributed by atoms with Crippen molar-refractivity contribution in [1.82, 2.24) is 4.90 Å². The van der Waals surface area contributed by atoms with Crippen LogP contribution < -0.4 is 0 Å². The third-order valence-corrected chi connectivity index (χ3v) is 2.57. The second kappa shape index (κ2) is 4.62. The van der Waals surface area contributed by atoms with Gasteiger partial charge >= 0.3 is 0 Å². The average molecular weight is 264 g/mol. The molecule has 1 heterocycles. The van der Waals surface area contributed by atoms with Crippen LogP contribution in [0.15, 0.2) is 0 Å². The maximum Gasteiger partial charge on any atom is 0.238 e. The van der Waals surface area contributed by atoms with E-state index in [1.165, 1.54) is 0 Å². The van der Waals surface area contributed by atoms with E-state index in [-0.39, 0.29) is 5.91 Å². The van der Waals surface area contributed by atoms with Crippen molar-refractivity contribution < 1.29 is 9.53 Å². The highest BCUT2D eigenvalue weighted by molar-refractivity contribution is 9.10. The number of halogens is 1. The van der Waals surface area contributed by atoms with E-state index < -0.39 is 4.32 Å². The molecule has 0 aliphatic carbocycles. The lowest BCUT2D eigenvalue weighted by Gasteiger charge is -2.27. The first-order chi connectivity index (χ1) is 6.41. The van der Waals surface area contributed by atoms with Gasteiger partial charge in [0.05, 0.1) is 17.5 Å². The fraction of sp³-hybridized carbons (Fsp3) is 0.900. The largest absolute Gasteiger partial charge is 0.379 e. The van der Waals surface area contributed by atoms with E-state index in [9.17, 15) is 4.79 Å². The summed E-state index contributed by atoms with van der Waals surface area (Å²) in [5.41, 5.74) is 0. The average Bonchev–Trinajstić information content (AvgIpc) is 2.26. The zero-order chi connectivity index (χ0) is 10.8. The molecule has 1 atom stereocenters. The molecule has 1 aliphatic rings. The fourth-order valence-electron chi connectivity index (χ4n) is 1.54. The van der Waals surface area contributed by atoms with Crippen LogP contribution in [0.2, 0.25) is 0 Å². The van der Waals surface area contributed by atoms with Gasteiger partial charge in [-0.15, -0.1) is 0 Å². The summed E-state index contributed by atoms with van der Waals surface area (Å²) in [6, 6.07) is 0. The van der Waals surface area contributed by atoms with Crippen LogP contribution in [0.3, 0.4) is 0 Å². The maximum absolute atomic E-state index is 11.9. The summed E-state index contributed by atoms with van der Waals surface area (Å²) in [4.78, 5) is 13.8. The SMILES string of the molecule is CC1COCCN(C(=O)C(C)(C)Br)C1. The molecule has 0 bridgehead atoms. The van der Waals surface area contributed by atoms with Crippen molar-refractivity contribution in [3.05, 3.63) is 0 Å². The first-order valence-electron chi connectivity index (χ1n) is 4.97. The van der Waals surface area contributed by atoms with E-state index >= 15 is 0 Å². The predicted octanol–water partition coefficient (Wildman–Crippen LogP) is 1.65. The highest BCUT2D eigenvalue weighted by Gasteiger charge is 2.30. The minimum atomic E-state index is -0.461. The van der Waals surface area contributed by atoms with Gasteiger partial charge in [-0.2, -0.15) is 0 Å². The molecule has 1 rings (SSSR count). The lowest BCUT2D eigenvalue weighted by Crippen LogP contribution is -2.44. The zero-order valence-electron chi connectivity index (χ0n) is 9.05. The van der Waals surface area contributed by atoms with Gasteiger partial charge in [0.25, 0.3) is 0 Å². The molecule has 0 aromatic carbocycles. The lowest BCUT2D eigenvalue weighted by molar-refractivity contribution is -0.133. The first-order valence-corrected chi connectivity index (χ1v) is 5.76. The number of ether oxygens (including phenoxy) is 1. The highest BCUT2D eigenvalue weighted by atomic mass is 79.9. The number of carbonyl (C=O) groups excluding carboxylic acids is 1. The summed E-state index contributed by atoms with van der Waals surface area (Å²) < 4.78 is 4.93. The van der Waals surface area contributed by atoms with Crippen LogP contribution in [-0.2, 0) is 9.53 Å². The van der Waals surface area contributed by atoms with Crippen molar-refractivity contribution >= 4 is 21.8 Å². The molecular weight excluding hydrogens is 246 g/mol. The smallest absolute Gasteiger partial charge is 0.238 e. The van der Waals surface area contributed by atoms with Crippen LogP contribution >= 0.6 is 15.9 Å². The molecule has 0 radical (unpaired) electrons. The molecule has 1 unspecified atom stereocenters. The van der Waals surface area contributed by atoms with E-state index in [4.69, 9.17) is 4.74 Å². The van der Waals surface area contributed by atoms with Crippen molar-refractivity contribution in [2.75, 3.05) is 26.3 Å². The lowest BCUT2D eigenvalue weighted by atomic mass is 10.1. The number of nitrogens with zero attached hydrogens (tertiary/aromatic N) is 1. The number of hydrogen-bond donors (Lipinski definition) is 0. The van der Waals surface area contributed by atoms with Gasteiger partial charge in [0, 0.05) is 13.1 Å². The second-order valence-electron chi connectivity index (χ2n) is 4.40. The van der Waals surface area contributed by atoms with Gasteiger partial charge in [0.2, 0.25) is 5.91 Å². The van der Waals surface area contributed by atoms with Crippen LogP contribution in [-0.4, -0.2) is 41.4 Å². The summed E-state index contributed by atoms with van der Waals surface area (Å²) >= 11 is 3.39. The second-order valence-corrected chi connectivity index (χ2v) is 6.39. The highest BCUT2D eigenvalue weighted by Crippen LogP contribution is 2.20. The molecule has 1 amide bonds. The van der Waals surface area contributed by atoms with Crippen LogP contribution in [0.4, 0.5) is 0 Å². The third kappa shape index (κ3) is 3.24. The van der Waals surface area contributed by atoms with E-state index in [1.807, 2.05) is 18.7 Å². The van der Waals surface area contributed by atoms with Crippen molar-refractivity contribution in [2.24, 2.45) is 5.92 Å². The zero-order valence-corrected chi connectivity index (χ0v) is 10.6. The van der Waals surface area contributed by atoms with Crippen molar-refractivity contribution in [1.29, 1.82) is 0 Å². The molecule has 1 fully saturated rings. The minimum absolute atomic E-state index is 0.148. The quantitative estimate of drug-likeness (QED) is 0.674.